The maximum Gasteiger partial charge on any atom is 0.128 e. The Morgan fingerprint density at radius 2 is 2.62 bits per heavy atom. The van der Waals surface area contributed by atoms with E-state index in [1.54, 1.807) is 0 Å². The van der Waals surface area contributed by atoms with E-state index in [9.17, 15) is 0 Å². The quantitative estimate of drug-likeness (QED) is 0.444. The van der Waals surface area contributed by atoms with E-state index in [1.807, 2.05) is 0 Å². The topological polar surface area (TPSA) is 38.3 Å². The van der Waals surface area contributed by atoms with E-state index < -0.39 is 0 Å². The van der Waals surface area contributed by atoms with Crippen LogP contribution in [0, 0.1) is 0 Å². The molecule has 3 nitrogen and oxygen atoms in total. The Labute approximate surface area is 48.4 Å². The molecule has 3 atom stereocenters. The number of ether oxygens (including phenoxy) is 1. The molecular weight excluding hydrogens is 104 g/mol. The summed E-state index contributed by atoms with van der Waals surface area (Å²) in [5.74, 6) is 0. The molecule has 0 spiro atoms. The lowest BCUT2D eigenvalue weighted by molar-refractivity contribution is 0.151. The van der Waals surface area contributed by atoms with Crippen molar-refractivity contribution in [2.75, 3.05) is 19.7 Å². The molecule has 2 aliphatic heterocycles. The Kier molecular flexibility index (Phi) is 0.848. The van der Waals surface area contributed by atoms with Crippen LogP contribution in [0.1, 0.15) is 0 Å². The van der Waals surface area contributed by atoms with E-state index in [-0.39, 0.29) is 0 Å². The van der Waals surface area contributed by atoms with Crippen LogP contribution in [0.15, 0.2) is 0 Å². The molecule has 3 unspecified atom stereocenters. The van der Waals surface area contributed by atoms with Gasteiger partial charge >= 0.3 is 0 Å². The molecular formula is C5H10N2O. The van der Waals surface area contributed by atoms with Gasteiger partial charge < -0.3 is 10.5 Å². The second kappa shape index (κ2) is 1.43. The molecule has 0 aromatic rings. The van der Waals surface area contributed by atoms with Gasteiger partial charge in [0.25, 0.3) is 0 Å². The predicted molar refractivity (Wildman–Crippen MR) is 29.3 cm³/mol. The van der Waals surface area contributed by atoms with Crippen molar-refractivity contribution >= 4 is 0 Å². The molecule has 8 heavy (non-hydrogen) atoms. The lowest BCUT2D eigenvalue weighted by Crippen LogP contribution is -2.17. The maximum absolute atomic E-state index is 5.40. The summed E-state index contributed by atoms with van der Waals surface area (Å²) in [6.07, 6.45) is 0.403. The number of nitrogens with two attached hydrogens (primary N) is 1. The summed E-state index contributed by atoms with van der Waals surface area (Å²) in [5, 5.41) is 0. The second-order valence-corrected chi connectivity index (χ2v) is 2.30. The first kappa shape index (κ1) is 4.73. The SMILES string of the molecule is NCC1C2OCCN12. The molecule has 0 bridgehead atoms. The highest BCUT2D eigenvalue weighted by Gasteiger charge is 2.50. The zero-order chi connectivity index (χ0) is 5.56. The highest BCUT2D eigenvalue weighted by Crippen LogP contribution is 2.32. The molecule has 2 aliphatic rings. The number of nitrogens with zero attached hydrogens (tertiary/aromatic N) is 1. The molecule has 2 heterocycles. The Morgan fingerprint density at radius 3 is 3.00 bits per heavy atom. The Morgan fingerprint density at radius 1 is 1.75 bits per heavy atom. The van der Waals surface area contributed by atoms with E-state index in [2.05, 4.69) is 4.90 Å². The van der Waals surface area contributed by atoms with Gasteiger partial charge in [0, 0.05) is 13.1 Å². The van der Waals surface area contributed by atoms with Crippen molar-refractivity contribution in [2.24, 2.45) is 5.73 Å². The Hall–Kier alpha value is -0.120. The monoisotopic (exact) mass is 114 g/mol. The fourth-order valence-electron chi connectivity index (χ4n) is 1.33. The van der Waals surface area contributed by atoms with Crippen LogP contribution in [0.3, 0.4) is 0 Å². The predicted octanol–water partition coefficient (Wildman–Crippen LogP) is -1.01. The van der Waals surface area contributed by atoms with E-state index in [0.717, 1.165) is 19.7 Å². The third-order valence-electron chi connectivity index (χ3n) is 1.87. The summed E-state index contributed by atoms with van der Waals surface area (Å²) in [6.45, 7) is 2.75. The summed E-state index contributed by atoms with van der Waals surface area (Å²) in [4.78, 5) is 2.28. The molecule has 0 aromatic heterocycles. The van der Waals surface area contributed by atoms with E-state index >= 15 is 0 Å². The molecule has 0 aromatic carbocycles. The normalized spacial score (nSPS) is 51.4. The highest BCUT2D eigenvalue weighted by molar-refractivity contribution is 4.99. The van der Waals surface area contributed by atoms with E-state index in [4.69, 9.17) is 10.5 Å². The summed E-state index contributed by atoms with van der Waals surface area (Å²) in [5.41, 5.74) is 5.40. The average molecular weight is 114 g/mol. The maximum atomic E-state index is 5.40. The van der Waals surface area contributed by atoms with Gasteiger partial charge in [-0.05, 0) is 0 Å². The van der Waals surface area contributed by atoms with Gasteiger partial charge in [0.1, 0.15) is 6.23 Å². The molecule has 46 valence electrons. The van der Waals surface area contributed by atoms with Crippen molar-refractivity contribution in [3.05, 3.63) is 0 Å². The molecule has 0 aliphatic carbocycles. The van der Waals surface area contributed by atoms with Crippen molar-refractivity contribution in [3.8, 4) is 0 Å². The van der Waals surface area contributed by atoms with Crippen LogP contribution in [0.25, 0.3) is 0 Å². The minimum Gasteiger partial charge on any atom is -0.360 e. The van der Waals surface area contributed by atoms with Crippen molar-refractivity contribution in [1.29, 1.82) is 0 Å². The lowest BCUT2D eigenvalue weighted by Gasteiger charge is -1.95. The van der Waals surface area contributed by atoms with Crippen LogP contribution in [0.2, 0.25) is 0 Å². The molecule has 0 radical (unpaired) electrons. The summed E-state index contributed by atoms with van der Waals surface area (Å²) in [7, 11) is 0. The van der Waals surface area contributed by atoms with Gasteiger partial charge in [-0.15, -0.1) is 0 Å². The Bertz CT molecular complexity index is 89.8. The van der Waals surface area contributed by atoms with Gasteiger partial charge in [-0.1, -0.05) is 0 Å². The van der Waals surface area contributed by atoms with Gasteiger partial charge in [0.15, 0.2) is 0 Å². The number of hydrogen-bond acceptors (Lipinski definition) is 3. The minimum absolute atomic E-state index is 0.403. The third kappa shape index (κ3) is 0.438. The van der Waals surface area contributed by atoms with Crippen LogP contribution in [0.5, 0.6) is 0 Å². The zero-order valence-corrected chi connectivity index (χ0v) is 4.71. The van der Waals surface area contributed by atoms with Gasteiger partial charge in [0.05, 0.1) is 12.6 Å². The Balaban J connectivity index is 1.94. The van der Waals surface area contributed by atoms with Crippen molar-refractivity contribution in [2.45, 2.75) is 12.3 Å². The summed E-state index contributed by atoms with van der Waals surface area (Å²) in [6, 6.07) is 0.559. The molecule has 2 rings (SSSR count). The largest absolute Gasteiger partial charge is 0.360 e. The molecule has 0 saturated carbocycles. The second-order valence-electron chi connectivity index (χ2n) is 2.30. The molecule has 2 fully saturated rings. The van der Waals surface area contributed by atoms with Crippen molar-refractivity contribution < 1.29 is 4.74 Å². The first-order valence-corrected chi connectivity index (χ1v) is 3.01. The summed E-state index contributed by atoms with van der Waals surface area (Å²) >= 11 is 0. The highest BCUT2D eigenvalue weighted by atomic mass is 16.5. The fourth-order valence-corrected chi connectivity index (χ4v) is 1.33. The van der Waals surface area contributed by atoms with Crippen molar-refractivity contribution in [1.82, 2.24) is 4.90 Å². The lowest BCUT2D eigenvalue weighted by atomic mass is 10.4. The van der Waals surface area contributed by atoms with Crippen LogP contribution in [-0.2, 0) is 4.74 Å². The molecule has 2 N–H and O–H groups in total. The summed E-state index contributed by atoms with van der Waals surface area (Å²) < 4.78 is 5.28. The van der Waals surface area contributed by atoms with Gasteiger partial charge in [-0.2, -0.15) is 0 Å². The minimum atomic E-state index is 0.403. The smallest absolute Gasteiger partial charge is 0.128 e. The van der Waals surface area contributed by atoms with Gasteiger partial charge in [-0.3, -0.25) is 4.90 Å². The van der Waals surface area contributed by atoms with Crippen LogP contribution in [0.4, 0.5) is 0 Å². The number of fused-ring (bicyclic) bond motifs is 1. The van der Waals surface area contributed by atoms with E-state index in [0.29, 0.717) is 12.3 Å². The van der Waals surface area contributed by atoms with Crippen LogP contribution < -0.4 is 5.73 Å². The van der Waals surface area contributed by atoms with Gasteiger partial charge in [0.2, 0.25) is 0 Å². The number of hydrogen-bond donors (Lipinski definition) is 1. The van der Waals surface area contributed by atoms with Crippen LogP contribution in [-0.4, -0.2) is 36.9 Å². The average Bonchev–Trinajstić information content (AvgIpc) is 2.22. The molecule has 2 saturated heterocycles. The molecule has 0 amide bonds. The van der Waals surface area contributed by atoms with E-state index in [1.165, 1.54) is 0 Å². The van der Waals surface area contributed by atoms with Crippen molar-refractivity contribution in [3.63, 3.8) is 0 Å². The zero-order valence-electron chi connectivity index (χ0n) is 4.71. The standard InChI is InChI=1S/C5H10N2O/c6-3-4-5-7(4)1-2-8-5/h4-5H,1-3,6H2. The van der Waals surface area contributed by atoms with Gasteiger partial charge in [-0.25, -0.2) is 0 Å². The first-order valence-electron chi connectivity index (χ1n) is 3.01. The number of rotatable bonds is 1. The van der Waals surface area contributed by atoms with Crippen LogP contribution >= 0.6 is 0 Å². The molecule has 3 heteroatoms. The third-order valence-corrected chi connectivity index (χ3v) is 1.87. The fraction of sp³-hybridized carbons (Fsp3) is 1.00. The number of morpholine rings is 1. The first-order chi connectivity index (χ1) is 3.93.